The van der Waals surface area contributed by atoms with E-state index in [0.717, 1.165) is 0 Å². The van der Waals surface area contributed by atoms with Crippen LogP contribution in [-0.2, 0) is 0 Å². The van der Waals surface area contributed by atoms with E-state index in [1.54, 1.807) is 0 Å². The largest absolute Gasteiger partial charge is 0.317 e. The molecule has 0 aliphatic rings. The van der Waals surface area contributed by atoms with Crippen molar-refractivity contribution in [1.82, 2.24) is 5.32 Å². The number of hydrogen-bond donors (Lipinski definition) is 1. The third kappa shape index (κ3) is 80.2. The predicted molar refractivity (Wildman–Crippen MR) is 107 cm³/mol. The summed E-state index contributed by atoms with van der Waals surface area (Å²) in [4.78, 5) is 0. The van der Waals surface area contributed by atoms with Crippen LogP contribution < -0.4 is 5.32 Å². The Morgan fingerprint density at radius 1 is 0.429 bits per heavy atom. The predicted octanol–water partition coefficient (Wildman–Crippen LogP) is 7.84. The number of hydrogen-bond acceptors (Lipinski definition) is 1. The Labute approximate surface area is 139 Å². The minimum atomic E-state index is 1.17. The average molecular weight is 306 g/mol. The van der Waals surface area contributed by atoms with E-state index >= 15 is 0 Å². The summed E-state index contributed by atoms with van der Waals surface area (Å²) in [5, 5.41) is 3.28. The first-order chi connectivity index (χ1) is 10.3. The number of nitrogens with one attached hydrogen (secondary N) is 1. The molecule has 0 aromatic heterocycles. The monoisotopic (exact) mass is 305 g/mol. The van der Waals surface area contributed by atoms with Crippen LogP contribution in [-0.4, -0.2) is 13.1 Å². The minimum Gasteiger partial charge on any atom is -0.317 e. The Morgan fingerprint density at radius 2 is 0.714 bits per heavy atom. The Kier molecular flexibility index (Phi) is 93.2. The van der Waals surface area contributed by atoms with Crippen molar-refractivity contribution in [3.05, 3.63) is 0 Å². The maximum atomic E-state index is 3.28. The van der Waals surface area contributed by atoms with Crippen LogP contribution in [0.3, 0.4) is 0 Å². The first-order valence-corrected chi connectivity index (χ1v) is 10.0. The zero-order valence-electron chi connectivity index (χ0n) is 17.6. The van der Waals surface area contributed by atoms with Gasteiger partial charge in [0.15, 0.2) is 0 Å². The molecule has 0 bridgehead atoms. The molecule has 21 heavy (non-hydrogen) atoms. The molecule has 1 nitrogen and oxygen atoms in total. The third-order valence-electron chi connectivity index (χ3n) is 2.31. The Balaban J connectivity index is -0.0000000600. The van der Waals surface area contributed by atoms with Crippen molar-refractivity contribution in [2.75, 3.05) is 13.1 Å². The topological polar surface area (TPSA) is 12.0 Å². The highest BCUT2D eigenvalue weighted by molar-refractivity contribution is 4.40. The van der Waals surface area contributed by atoms with Crippen molar-refractivity contribution in [3.8, 4) is 0 Å². The van der Waals surface area contributed by atoms with Crippen LogP contribution in [0.25, 0.3) is 0 Å². The van der Waals surface area contributed by atoms with E-state index < -0.39 is 0 Å². The van der Waals surface area contributed by atoms with Crippen molar-refractivity contribution >= 4 is 0 Å². The van der Waals surface area contributed by atoms with Crippen LogP contribution >= 0.6 is 0 Å². The van der Waals surface area contributed by atoms with Crippen LogP contribution in [0, 0.1) is 0 Å². The molecular formula is C20H51N. The van der Waals surface area contributed by atoms with Crippen molar-refractivity contribution in [2.24, 2.45) is 0 Å². The summed E-state index contributed by atoms with van der Waals surface area (Å²) in [7, 11) is 0. The molecule has 0 aliphatic heterocycles. The van der Waals surface area contributed by atoms with E-state index in [1.165, 1.54) is 64.5 Å². The molecule has 136 valence electrons. The van der Waals surface area contributed by atoms with E-state index in [1.807, 2.05) is 41.5 Å². The van der Waals surface area contributed by atoms with Crippen LogP contribution in [0.5, 0.6) is 0 Å². The van der Waals surface area contributed by atoms with E-state index in [2.05, 4.69) is 33.0 Å². The third-order valence-corrected chi connectivity index (χ3v) is 2.31. The summed E-state index contributed by atoms with van der Waals surface area (Å²) in [6.07, 6.45) is 11.0. The van der Waals surface area contributed by atoms with Gasteiger partial charge in [-0.25, -0.2) is 0 Å². The highest BCUT2D eigenvalue weighted by atomic mass is 14.8. The fraction of sp³-hybridized carbons (Fsp3) is 1.00. The van der Waals surface area contributed by atoms with Gasteiger partial charge in [-0.05, 0) is 25.9 Å². The van der Waals surface area contributed by atoms with Crippen LogP contribution in [0.1, 0.15) is 121 Å². The van der Waals surface area contributed by atoms with Gasteiger partial charge in [-0.3, -0.25) is 0 Å². The van der Waals surface area contributed by atoms with E-state index in [-0.39, 0.29) is 0 Å². The number of unbranched alkanes of at least 4 members (excludes halogenated alkanes) is 5. The lowest BCUT2D eigenvalue weighted by atomic mass is 10.1. The summed E-state index contributed by atoms with van der Waals surface area (Å²) >= 11 is 0. The first-order valence-electron chi connectivity index (χ1n) is 10.0. The highest BCUT2D eigenvalue weighted by Gasteiger charge is 1.83. The van der Waals surface area contributed by atoms with Crippen molar-refractivity contribution in [1.29, 1.82) is 0 Å². The second-order valence-electron chi connectivity index (χ2n) is 4.16. The molecule has 0 fully saturated rings. The first kappa shape index (κ1) is 32.8. The summed E-state index contributed by atoms with van der Waals surface area (Å²) in [5.41, 5.74) is 0. The van der Waals surface area contributed by atoms with E-state index in [9.17, 15) is 0 Å². The molecule has 0 atom stereocenters. The molecule has 0 saturated heterocycles. The lowest BCUT2D eigenvalue weighted by molar-refractivity contribution is 0.624. The van der Waals surface area contributed by atoms with Gasteiger partial charge in [0.2, 0.25) is 0 Å². The van der Waals surface area contributed by atoms with E-state index in [0.29, 0.717) is 0 Å². The minimum absolute atomic E-state index is 1.17. The van der Waals surface area contributed by atoms with Crippen molar-refractivity contribution in [3.63, 3.8) is 0 Å². The van der Waals surface area contributed by atoms with Crippen LogP contribution in [0.4, 0.5) is 0 Å². The zero-order valence-corrected chi connectivity index (χ0v) is 17.6. The lowest BCUT2D eigenvalue weighted by Gasteiger charge is -1.95. The molecule has 0 saturated carbocycles. The molecule has 0 aromatic rings. The molecule has 0 unspecified atom stereocenters. The quantitative estimate of drug-likeness (QED) is 0.428. The van der Waals surface area contributed by atoms with Gasteiger partial charge < -0.3 is 5.32 Å². The van der Waals surface area contributed by atoms with Gasteiger partial charge in [0, 0.05) is 0 Å². The highest BCUT2D eigenvalue weighted by Crippen LogP contribution is 2.03. The second-order valence-corrected chi connectivity index (χ2v) is 4.16. The molecule has 0 spiro atoms. The van der Waals surface area contributed by atoms with Gasteiger partial charge in [0.25, 0.3) is 0 Å². The van der Waals surface area contributed by atoms with Crippen LogP contribution in [0.2, 0.25) is 0 Å². The molecule has 0 aliphatic carbocycles. The Bertz CT molecular complexity index is 71.9. The lowest BCUT2D eigenvalue weighted by Crippen LogP contribution is -2.14. The second kappa shape index (κ2) is 59.7. The maximum absolute atomic E-state index is 3.28. The van der Waals surface area contributed by atoms with Gasteiger partial charge in [-0.2, -0.15) is 0 Å². The smallest absolute Gasteiger partial charge is 0.00516 e. The molecule has 1 N–H and O–H groups in total. The van der Waals surface area contributed by atoms with Gasteiger partial charge >= 0.3 is 0 Å². The Morgan fingerprint density at radius 3 is 0.905 bits per heavy atom. The molecule has 0 aromatic carbocycles. The van der Waals surface area contributed by atoms with Crippen LogP contribution in [0.15, 0.2) is 0 Å². The summed E-state index contributed by atoms with van der Waals surface area (Å²) in [5.74, 6) is 0. The van der Waals surface area contributed by atoms with Gasteiger partial charge in [-0.1, -0.05) is 108 Å². The molecular weight excluding hydrogens is 254 g/mol. The standard InChI is InChI=1S/C8H18.C6H15N.3C2H6/c1-3-5-7-8-6-4-2;1-3-5-7-6-4-2;3*1-2/h3-8H2,1-2H3;7H,3-6H2,1-2H3;3*1-2H3. The summed E-state index contributed by atoms with van der Waals surface area (Å²) < 4.78 is 0. The van der Waals surface area contributed by atoms with Gasteiger partial charge in [0.1, 0.15) is 0 Å². The van der Waals surface area contributed by atoms with Gasteiger partial charge in [-0.15, -0.1) is 0 Å². The fourth-order valence-electron chi connectivity index (χ4n) is 1.33. The van der Waals surface area contributed by atoms with Crippen molar-refractivity contribution < 1.29 is 0 Å². The van der Waals surface area contributed by atoms with E-state index in [4.69, 9.17) is 0 Å². The molecule has 0 rings (SSSR count). The Hall–Kier alpha value is -0.0400. The number of rotatable bonds is 9. The van der Waals surface area contributed by atoms with Gasteiger partial charge in [0.05, 0.1) is 0 Å². The molecule has 0 radical (unpaired) electrons. The normalized spacial score (nSPS) is 7.71. The molecule has 0 amide bonds. The SMILES string of the molecule is CC.CC.CC.CCCCCCCC.CCCNCCC. The zero-order chi connectivity index (χ0) is 17.8. The maximum Gasteiger partial charge on any atom is -0.00516 e. The molecule has 1 heteroatoms. The molecule has 0 heterocycles. The summed E-state index contributed by atoms with van der Waals surface area (Å²) in [6.45, 7) is 23.2. The van der Waals surface area contributed by atoms with Crippen molar-refractivity contribution in [2.45, 2.75) is 121 Å². The fourth-order valence-corrected chi connectivity index (χ4v) is 1.33. The summed E-state index contributed by atoms with van der Waals surface area (Å²) in [6, 6.07) is 0. The average Bonchev–Trinajstić information content (AvgIpc) is 2.58.